The second kappa shape index (κ2) is 7.87. The Hall–Kier alpha value is -3.74. The first kappa shape index (κ1) is 20.6. The number of hydrogen-bond donors (Lipinski definition) is 4. The molecule has 0 saturated carbocycles. The molecule has 0 fully saturated rings. The lowest BCUT2D eigenvalue weighted by atomic mass is 10.1. The summed E-state index contributed by atoms with van der Waals surface area (Å²) in [7, 11) is -3.39. The first-order valence-electron chi connectivity index (χ1n) is 7.37. The number of ether oxygens (including phenoxy) is 1. The molecule has 0 atom stereocenters. The molecule has 1 aromatic carbocycles. The lowest BCUT2D eigenvalue weighted by molar-refractivity contribution is 0.0678. The molecule has 0 bridgehead atoms. The number of aromatic nitrogens is 2. The van der Waals surface area contributed by atoms with Crippen molar-refractivity contribution in [1.82, 2.24) is 14.7 Å². The van der Waals surface area contributed by atoms with Crippen LogP contribution in [0, 0.1) is 6.92 Å². The molecule has 2 amide bonds. The summed E-state index contributed by atoms with van der Waals surface area (Å²) in [4.78, 5) is 41.0. The van der Waals surface area contributed by atoms with Crippen molar-refractivity contribution in [3.8, 4) is 5.88 Å². The van der Waals surface area contributed by atoms with E-state index in [9.17, 15) is 22.8 Å². The zero-order valence-corrected chi connectivity index (χ0v) is 15.3. The second-order valence-corrected chi connectivity index (χ2v) is 6.92. The molecule has 12 nitrogen and oxygen atoms in total. The van der Waals surface area contributed by atoms with Gasteiger partial charge in [-0.05, 0) is 25.1 Å². The number of aryl methyl sites for hydroxylation is 1. The number of carboxylic acids is 2. The molecule has 0 spiro atoms. The molecule has 1 heterocycles. The van der Waals surface area contributed by atoms with Gasteiger partial charge in [0.1, 0.15) is 4.90 Å². The standard InChI is InChI=1S/C15H14N4O8S/c1-7-6-16-14(17-11(7)27-2)18-15(24)19-28(25,26)10-5-8(12(20)21)3-4-9(10)13(22)23/h3-6H,1-2H3,(H,20,21)(H,22,23)(H2,16,17,18,19,24). The van der Waals surface area contributed by atoms with Crippen LogP contribution in [0.15, 0.2) is 29.3 Å². The van der Waals surface area contributed by atoms with E-state index in [1.165, 1.54) is 13.3 Å². The van der Waals surface area contributed by atoms with Gasteiger partial charge in [-0.25, -0.2) is 32.5 Å². The van der Waals surface area contributed by atoms with Crippen molar-refractivity contribution in [2.24, 2.45) is 0 Å². The number of benzene rings is 1. The molecule has 1 aromatic heterocycles. The minimum atomic E-state index is -4.73. The fourth-order valence-electron chi connectivity index (χ4n) is 2.05. The highest BCUT2D eigenvalue weighted by atomic mass is 32.2. The summed E-state index contributed by atoms with van der Waals surface area (Å²) in [6.45, 7) is 1.65. The van der Waals surface area contributed by atoms with Crippen LogP contribution >= 0.6 is 0 Å². The summed E-state index contributed by atoms with van der Waals surface area (Å²) in [6.07, 6.45) is 1.33. The van der Waals surface area contributed by atoms with E-state index in [1.807, 2.05) is 0 Å². The Morgan fingerprint density at radius 3 is 2.39 bits per heavy atom. The summed E-state index contributed by atoms with van der Waals surface area (Å²) in [5.41, 5.74) is -0.617. The zero-order valence-electron chi connectivity index (χ0n) is 14.5. The van der Waals surface area contributed by atoms with Gasteiger partial charge in [0.2, 0.25) is 11.8 Å². The molecule has 0 saturated heterocycles. The fraction of sp³-hybridized carbons (Fsp3) is 0.133. The van der Waals surface area contributed by atoms with Crippen molar-refractivity contribution in [1.29, 1.82) is 0 Å². The van der Waals surface area contributed by atoms with Gasteiger partial charge in [0, 0.05) is 11.8 Å². The fourth-order valence-corrected chi connectivity index (χ4v) is 3.18. The van der Waals surface area contributed by atoms with E-state index in [4.69, 9.17) is 14.9 Å². The summed E-state index contributed by atoms with van der Waals surface area (Å²) in [5, 5.41) is 20.2. The second-order valence-electron chi connectivity index (χ2n) is 5.27. The number of anilines is 1. The van der Waals surface area contributed by atoms with Crippen LogP contribution in [-0.4, -0.2) is 53.7 Å². The highest BCUT2D eigenvalue weighted by Crippen LogP contribution is 2.19. The molecule has 0 aliphatic heterocycles. The molecule has 28 heavy (non-hydrogen) atoms. The van der Waals surface area contributed by atoms with Crippen LogP contribution in [0.25, 0.3) is 0 Å². The smallest absolute Gasteiger partial charge is 0.337 e. The van der Waals surface area contributed by atoms with Gasteiger partial charge >= 0.3 is 18.0 Å². The monoisotopic (exact) mass is 410 g/mol. The van der Waals surface area contributed by atoms with Crippen LogP contribution < -0.4 is 14.8 Å². The molecule has 0 aliphatic rings. The molecule has 13 heteroatoms. The third-order valence-electron chi connectivity index (χ3n) is 3.32. The maximum absolute atomic E-state index is 12.4. The minimum absolute atomic E-state index is 0.149. The van der Waals surface area contributed by atoms with Crippen LogP contribution in [0.4, 0.5) is 10.7 Å². The molecule has 2 rings (SSSR count). The number of hydrogen-bond acceptors (Lipinski definition) is 8. The Kier molecular flexibility index (Phi) is 5.78. The number of sulfonamides is 1. The lowest BCUT2D eigenvalue weighted by Crippen LogP contribution is -2.35. The largest absolute Gasteiger partial charge is 0.481 e. The number of carboxylic acid groups (broad SMARTS) is 2. The highest BCUT2D eigenvalue weighted by molar-refractivity contribution is 7.90. The Morgan fingerprint density at radius 2 is 1.82 bits per heavy atom. The van der Waals surface area contributed by atoms with Gasteiger partial charge in [0.25, 0.3) is 10.0 Å². The summed E-state index contributed by atoms with van der Waals surface area (Å²) < 4.78 is 31.4. The van der Waals surface area contributed by atoms with E-state index >= 15 is 0 Å². The number of aromatic carboxylic acids is 2. The highest BCUT2D eigenvalue weighted by Gasteiger charge is 2.26. The topological polar surface area (TPSA) is 185 Å². The number of rotatable bonds is 6. The van der Waals surface area contributed by atoms with E-state index in [0.717, 1.165) is 12.1 Å². The van der Waals surface area contributed by atoms with Crippen molar-refractivity contribution in [3.05, 3.63) is 41.1 Å². The summed E-state index contributed by atoms with van der Waals surface area (Å²) in [6, 6.07) is 1.08. The van der Waals surface area contributed by atoms with Crippen molar-refractivity contribution in [2.45, 2.75) is 11.8 Å². The van der Waals surface area contributed by atoms with E-state index in [1.54, 1.807) is 11.6 Å². The summed E-state index contributed by atoms with van der Waals surface area (Å²) in [5.74, 6) is -3.22. The quantitative estimate of drug-likeness (QED) is 0.528. The van der Waals surface area contributed by atoms with Crippen molar-refractivity contribution in [3.63, 3.8) is 0 Å². The van der Waals surface area contributed by atoms with Gasteiger partial charge in [-0.3, -0.25) is 5.32 Å². The molecule has 0 radical (unpaired) electrons. The van der Waals surface area contributed by atoms with Gasteiger partial charge in [0.15, 0.2) is 0 Å². The normalized spacial score (nSPS) is 10.8. The van der Waals surface area contributed by atoms with Gasteiger partial charge in [-0.2, -0.15) is 4.98 Å². The first-order chi connectivity index (χ1) is 13.0. The third kappa shape index (κ3) is 4.50. The molecular weight excluding hydrogens is 396 g/mol. The number of nitrogens with one attached hydrogen (secondary N) is 2. The Bertz CT molecular complexity index is 1070. The van der Waals surface area contributed by atoms with Crippen molar-refractivity contribution < 1.29 is 37.8 Å². The number of urea groups is 1. The zero-order chi connectivity index (χ0) is 21.1. The van der Waals surface area contributed by atoms with Gasteiger partial charge < -0.3 is 14.9 Å². The maximum atomic E-state index is 12.4. The first-order valence-corrected chi connectivity index (χ1v) is 8.85. The van der Waals surface area contributed by atoms with E-state index < -0.39 is 44.0 Å². The maximum Gasteiger partial charge on any atom is 0.337 e. The number of methoxy groups -OCH3 is 1. The lowest BCUT2D eigenvalue weighted by Gasteiger charge is -2.11. The minimum Gasteiger partial charge on any atom is -0.481 e. The molecule has 4 N–H and O–H groups in total. The van der Waals surface area contributed by atoms with Crippen molar-refractivity contribution >= 4 is 33.9 Å². The van der Waals surface area contributed by atoms with Crippen molar-refractivity contribution in [2.75, 3.05) is 12.4 Å². The van der Waals surface area contributed by atoms with Gasteiger partial charge in [-0.15, -0.1) is 0 Å². The van der Waals surface area contributed by atoms with Crippen LogP contribution in [0.3, 0.4) is 0 Å². The number of nitrogens with zero attached hydrogens (tertiary/aromatic N) is 2. The van der Waals surface area contributed by atoms with E-state index in [0.29, 0.717) is 11.6 Å². The van der Waals surface area contributed by atoms with Crippen LogP contribution in [-0.2, 0) is 10.0 Å². The van der Waals surface area contributed by atoms with E-state index in [2.05, 4.69) is 15.3 Å². The molecule has 0 aliphatic carbocycles. The SMILES string of the molecule is COc1nc(NC(=O)NS(=O)(=O)c2cc(C(=O)O)ccc2C(=O)O)ncc1C. The number of carbonyl (C=O) groups is 3. The average Bonchev–Trinajstić information content (AvgIpc) is 2.62. The average molecular weight is 410 g/mol. The van der Waals surface area contributed by atoms with E-state index in [-0.39, 0.29) is 11.8 Å². The third-order valence-corrected chi connectivity index (χ3v) is 4.69. The molecule has 148 valence electrons. The van der Waals surface area contributed by atoms with Gasteiger partial charge in [0.05, 0.1) is 18.2 Å². The predicted octanol–water partition coefficient (Wildman–Crippen LogP) is 0.700. The number of amides is 2. The van der Waals surface area contributed by atoms with Crippen LogP contribution in [0.5, 0.6) is 5.88 Å². The van der Waals surface area contributed by atoms with Crippen LogP contribution in [0.1, 0.15) is 26.3 Å². The molecule has 2 aromatic rings. The Balaban J connectivity index is 2.32. The van der Waals surface area contributed by atoms with Crippen LogP contribution in [0.2, 0.25) is 0 Å². The number of carbonyl (C=O) groups excluding carboxylic acids is 1. The molecular formula is C15H14N4O8S. The summed E-state index contributed by atoms with van der Waals surface area (Å²) >= 11 is 0. The Morgan fingerprint density at radius 1 is 1.14 bits per heavy atom. The van der Waals surface area contributed by atoms with Gasteiger partial charge in [-0.1, -0.05) is 0 Å². The molecule has 0 unspecified atom stereocenters. The predicted molar refractivity (Wildman–Crippen MR) is 93.0 cm³/mol. The Labute approximate surface area is 158 Å².